The molecule has 29 heteroatoms. The zero-order valence-corrected chi connectivity index (χ0v) is 56.5. The van der Waals surface area contributed by atoms with Crippen LogP contribution in [0.2, 0.25) is 0 Å². The van der Waals surface area contributed by atoms with Crippen molar-refractivity contribution in [3.63, 3.8) is 0 Å². The number of carbonyl (C=O) groups is 12. The number of nitrogen functional groups attached to an aromatic ring is 1. The number of nitrogens with one attached hydrogen (secondary N) is 4. The van der Waals surface area contributed by atoms with E-state index in [2.05, 4.69) is 27.8 Å². The Kier molecular flexibility index (Phi) is 22.6. The number of benzene rings is 2. The number of likely N-dealkylation sites (N-methyl/N-ethyl adjacent to an activating group) is 4. The number of fused-ring (bicyclic) bond motifs is 4. The molecule has 5 aliphatic heterocycles. The molecule has 5 heterocycles. The lowest BCUT2D eigenvalue weighted by atomic mass is 9.98. The largest absolute Gasteiger partial charge is 0.489 e. The number of carbonyl (C=O) groups excluding carboxylic acids is 12. The van der Waals surface area contributed by atoms with E-state index in [1.54, 1.807) is 62.3 Å². The van der Waals surface area contributed by atoms with Crippen molar-refractivity contribution in [3.8, 4) is 17.2 Å². The predicted molar refractivity (Wildman–Crippen MR) is 341 cm³/mol. The Hall–Kier alpha value is -9.18. The number of anilines is 1. The summed E-state index contributed by atoms with van der Waals surface area (Å²) in [6.45, 7) is 21.8. The number of esters is 2. The fraction of sp³-hybridized carbons (Fsp3) is 0.600. The number of cyclic esters (lactones) is 2. The summed E-state index contributed by atoms with van der Waals surface area (Å²) in [4.78, 5) is 201. The van der Waals surface area contributed by atoms with Gasteiger partial charge < -0.3 is 75.0 Å². The van der Waals surface area contributed by atoms with Crippen molar-refractivity contribution < 1.29 is 76.2 Å². The minimum absolute atomic E-state index is 0.0123. The Morgan fingerprint density at radius 1 is 0.670 bits per heavy atom. The first-order valence-electron chi connectivity index (χ1n) is 31.8. The second-order valence-corrected chi connectivity index (χ2v) is 26.3. The van der Waals surface area contributed by atoms with Crippen molar-refractivity contribution in [2.45, 2.75) is 169 Å². The van der Waals surface area contributed by atoms with Crippen molar-refractivity contribution in [2.75, 3.05) is 66.7 Å². The zero-order valence-electron chi connectivity index (χ0n) is 56.5. The van der Waals surface area contributed by atoms with Gasteiger partial charge in [0, 0.05) is 52.4 Å². The van der Waals surface area contributed by atoms with Gasteiger partial charge in [-0.2, -0.15) is 0 Å². The van der Waals surface area contributed by atoms with Gasteiger partial charge >= 0.3 is 11.9 Å². The van der Waals surface area contributed by atoms with E-state index in [1.807, 2.05) is 0 Å². The van der Waals surface area contributed by atoms with Crippen LogP contribution in [-0.4, -0.2) is 227 Å². The van der Waals surface area contributed by atoms with Gasteiger partial charge in [0.15, 0.2) is 11.3 Å². The highest BCUT2D eigenvalue weighted by Gasteiger charge is 2.47. The minimum Gasteiger partial charge on any atom is -0.489 e. The van der Waals surface area contributed by atoms with Crippen LogP contribution in [0.5, 0.6) is 5.75 Å². The van der Waals surface area contributed by atoms with Crippen LogP contribution in [-0.2, 0) is 57.4 Å². The van der Waals surface area contributed by atoms with Crippen LogP contribution in [0.3, 0.4) is 0 Å². The molecule has 0 saturated carbocycles. The zero-order chi connectivity index (χ0) is 70.0. The molecule has 1 aromatic rings. The van der Waals surface area contributed by atoms with Gasteiger partial charge in [-0.3, -0.25) is 52.7 Å². The maximum Gasteiger partial charge on any atom is 0.329 e. The quantitative estimate of drug-likeness (QED) is 0.0781. The average Bonchev–Trinajstić information content (AvgIpc) is 0.861. The lowest BCUT2D eigenvalue weighted by Gasteiger charge is -2.36. The number of ether oxygens (including phenoxy) is 3. The fourth-order valence-electron chi connectivity index (χ4n) is 12.6. The van der Waals surface area contributed by atoms with Crippen LogP contribution in [0, 0.1) is 37.5 Å². The van der Waals surface area contributed by atoms with E-state index in [1.165, 1.54) is 80.7 Å². The molecule has 6 aliphatic rings. The Balaban J connectivity index is 1.37. The van der Waals surface area contributed by atoms with E-state index in [0.717, 1.165) is 9.80 Å². The molecule has 0 radical (unpaired) electrons. The van der Waals surface area contributed by atoms with Gasteiger partial charge in [-0.15, -0.1) is 0 Å². The van der Waals surface area contributed by atoms with Crippen LogP contribution in [0.15, 0.2) is 27.9 Å². The van der Waals surface area contributed by atoms with E-state index < -0.39 is 196 Å². The standard InChI is InChI=1S/C65H90N12O17/c1-18-25-91-40-26-37(56(81)70-47-35(12)92-64(89)51(31(6)7)74(16)41(78)27-72(14)60(85)38-21-19-23-76(38)62(87)45(29(2)3)68-58(47)83)49-54(33(40)10)94-55-34(11)53(80)44(66)43(50(55)67-49)57(82)71-48-36(13)93-65(90)52(32(8)9)75(17)42(79)28-73(15)61(86)39-22-20-24-77(39)63(88)46(30(4)5)69-59(48)84/h18,26,29-32,35-36,38-39,45-48,51-52H,1,19-25,27-28,66H2,2-17H3,(H,68,83)(H,69,84)(H,70,81)(H,71,82). The van der Waals surface area contributed by atoms with Gasteiger partial charge in [0.25, 0.3) is 11.8 Å². The normalized spacial score (nSPS) is 25.5. The van der Waals surface area contributed by atoms with E-state index in [-0.39, 0.29) is 66.3 Å². The number of nitrogens with zero attached hydrogens (tertiary/aromatic N) is 7. The van der Waals surface area contributed by atoms with Crippen molar-refractivity contribution >= 4 is 87.8 Å². The molecule has 7 rings (SSSR count). The molecule has 512 valence electrons. The molecule has 4 saturated heterocycles. The molecule has 0 bridgehead atoms. The van der Waals surface area contributed by atoms with E-state index in [9.17, 15) is 47.9 Å². The summed E-state index contributed by atoms with van der Waals surface area (Å²) in [5.41, 5.74) is 2.99. The molecular weight excluding hydrogens is 1220 g/mol. The van der Waals surface area contributed by atoms with Crippen molar-refractivity contribution in [1.29, 1.82) is 0 Å². The Bertz CT molecular complexity index is 3570. The minimum atomic E-state index is -1.91. The molecular formula is C65H90N12O17. The lowest BCUT2D eigenvalue weighted by molar-refractivity contribution is -0.163. The third-order valence-corrected chi connectivity index (χ3v) is 18.0. The Labute approximate surface area is 545 Å². The molecule has 29 nitrogen and oxygen atoms in total. The van der Waals surface area contributed by atoms with Gasteiger partial charge in [0.1, 0.15) is 84.1 Å². The molecule has 10 unspecified atom stereocenters. The molecule has 10 amide bonds. The summed E-state index contributed by atoms with van der Waals surface area (Å²) in [6, 6.07) is -9.69. The summed E-state index contributed by atoms with van der Waals surface area (Å²) in [6.07, 6.45) is -0.355. The molecule has 0 spiro atoms. The lowest BCUT2D eigenvalue weighted by Crippen LogP contribution is -2.61. The molecule has 1 aromatic carbocycles. The highest BCUT2D eigenvalue weighted by molar-refractivity contribution is 6.11. The van der Waals surface area contributed by atoms with Gasteiger partial charge in [-0.1, -0.05) is 68.0 Å². The third-order valence-electron chi connectivity index (χ3n) is 18.0. The van der Waals surface area contributed by atoms with E-state index in [4.69, 9.17) is 29.3 Å². The number of hydrogen-bond donors (Lipinski definition) is 5. The summed E-state index contributed by atoms with van der Waals surface area (Å²) in [5.74, 6) is -12.8. The van der Waals surface area contributed by atoms with Gasteiger partial charge in [0.2, 0.25) is 52.7 Å². The molecule has 94 heavy (non-hydrogen) atoms. The number of nitrogens with two attached hydrogens (primary N) is 1. The topological polar surface area (TPSA) is 369 Å². The fourth-order valence-corrected chi connectivity index (χ4v) is 12.6. The Morgan fingerprint density at radius 3 is 1.52 bits per heavy atom. The summed E-state index contributed by atoms with van der Waals surface area (Å²) < 4.78 is 24.5. The predicted octanol–water partition coefficient (Wildman–Crippen LogP) is 1.29. The van der Waals surface area contributed by atoms with Crippen molar-refractivity contribution in [1.82, 2.24) is 55.7 Å². The van der Waals surface area contributed by atoms with Crippen LogP contribution in [0.4, 0.5) is 5.69 Å². The monoisotopic (exact) mass is 1310 g/mol. The number of rotatable bonds is 11. The average molecular weight is 1310 g/mol. The summed E-state index contributed by atoms with van der Waals surface area (Å²) in [5, 5.41) is 10.7. The molecule has 10 atom stereocenters. The number of aryl methyl sites for hydroxylation is 1. The molecule has 4 fully saturated rings. The SMILES string of the molecule is C=CCOc1cc(C(=O)NC2C(=O)NC(C(C)C)C(=O)N3CCCC3C(=O)N(C)CC(=O)N(C)C(C(C)C)C(=O)OC2C)c2nc3c(C(=O)NC4C(=O)NC(C(C)C)C(=O)N5CCCC5C(=O)N(C)CC(=O)N(C)C(C(C)C)C(=O)OC4C)c(N)c(=O)c(C)c-3oc2c1C. The van der Waals surface area contributed by atoms with Gasteiger partial charge in [-0.05, 0) is 83.1 Å². The van der Waals surface area contributed by atoms with Crippen LogP contribution in [0.1, 0.15) is 127 Å². The first-order chi connectivity index (χ1) is 44.1. The Morgan fingerprint density at radius 2 is 1.11 bits per heavy atom. The van der Waals surface area contributed by atoms with Gasteiger partial charge in [-0.25, -0.2) is 14.6 Å². The number of amides is 10. The van der Waals surface area contributed by atoms with E-state index in [0.29, 0.717) is 12.8 Å². The first-order valence-corrected chi connectivity index (χ1v) is 31.8. The first kappa shape index (κ1) is 72.2. The summed E-state index contributed by atoms with van der Waals surface area (Å²) in [7, 11) is 5.56. The maximum absolute atomic E-state index is 15.4. The second-order valence-electron chi connectivity index (χ2n) is 26.3. The summed E-state index contributed by atoms with van der Waals surface area (Å²) >= 11 is 0. The van der Waals surface area contributed by atoms with Crippen LogP contribution < -0.4 is 37.2 Å². The second kappa shape index (κ2) is 29.4. The van der Waals surface area contributed by atoms with Crippen LogP contribution in [0.25, 0.3) is 22.6 Å². The highest BCUT2D eigenvalue weighted by atomic mass is 16.6. The van der Waals surface area contributed by atoms with Crippen molar-refractivity contribution in [2.24, 2.45) is 23.7 Å². The third kappa shape index (κ3) is 14.6. The number of hydrogen-bond acceptors (Lipinski definition) is 19. The smallest absolute Gasteiger partial charge is 0.329 e. The molecule has 0 aromatic heterocycles. The highest BCUT2D eigenvalue weighted by Crippen LogP contribution is 2.38. The number of aromatic nitrogens is 1. The van der Waals surface area contributed by atoms with Crippen LogP contribution >= 0.6 is 0 Å². The maximum atomic E-state index is 15.4. The molecule has 1 aliphatic carbocycles. The van der Waals surface area contributed by atoms with Gasteiger partial charge in [0.05, 0.1) is 29.9 Å². The molecule has 6 N–H and O–H groups in total. The van der Waals surface area contributed by atoms with E-state index >= 15 is 14.4 Å². The van der Waals surface area contributed by atoms with Crippen molar-refractivity contribution in [3.05, 3.63) is 51.2 Å².